The molecule has 0 aliphatic heterocycles. The highest BCUT2D eigenvalue weighted by Crippen LogP contribution is 2.11. The molecule has 21 heavy (non-hydrogen) atoms. The second-order valence-corrected chi connectivity index (χ2v) is 4.31. The van der Waals surface area contributed by atoms with Gasteiger partial charge in [0.2, 0.25) is 11.7 Å². The van der Waals surface area contributed by atoms with Gasteiger partial charge in [0.05, 0.1) is 13.7 Å². The molecule has 0 radical (unpaired) electrons. The van der Waals surface area contributed by atoms with Crippen LogP contribution in [0.4, 0.5) is 0 Å². The summed E-state index contributed by atoms with van der Waals surface area (Å²) in [6.07, 6.45) is 0. The van der Waals surface area contributed by atoms with Crippen molar-refractivity contribution < 1.29 is 14.3 Å². The van der Waals surface area contributed by atoms with Crippen LogP contribution >= 0.6 is 0 Å². The number of esters is 1. The smallest absolute Gasteiger partial charge is 0.330 e. The Labute approximate surface area is 121 Å². The third-order valence-corrected chi connectivity index (χ3v) is 2.69. The Balaban J connectivity index is 2.13. The largest absolute Gasteiger partial charge is 0.467 e. The number of carbonyl (C=O) groups excluding carboxylic acids is 2. The van der Waals surface area contributed by atoms with Crippen LogP contribution in [0, 0.1) is 0 Å². The lowest BCUT2D eigenvalue weighted by atomic mass is 10.2. The van der Waals surface area contributed by atoms with E-state index >= 15 is 0 Å². The van der Waals surface area contributed by atoms with Crippen molar-refractivity contribution in [1.82, 2.24) is 25.5 Å². The van der Waals surface area contributed by atoms with Crippen molar-refractivity contribution in [3.63, 3.8) is 0 Å². The maximum Gasteiger partial charge on any atom is 0.330 e. The van der Waals surface area contributed by atoms with Gasteiger partial charge in [-0.25, -0.2) is 4.79 Å². The van der Waals surface area contributed by atoms with Crippen LogP contribution in [0.3, 0.4) is 0 Å². The number of carbonyl (C=O) groups is 2. The molecule has 0 spiro atoms. The summed E-state index contributed by atoms with van der Waals surface area (Å²) < 4.78 is 4.63. The van der Waals surface area contributed by atoms with Crippen LogP contribution in [0.1, 0.15) is 6.92 Å². The summed E-state index contributed by atoms with van der Waals surface area (Å²) in [7, 11) is 1.25. The third-order valence-electron chi connectivity index (χ3n) is 2.69. The summed E-state index contributed by atoms with van der Waals surface area (Å²) in [5, 5.41) is 14.5. The Kier molecular flexibility index (Phi) is 4.60. The molecule has 1 unspecified atom stereocenters. The quantitative estimate of drug-likeness (QED) is 0.779. The molecule has 0 aliphatic carbocycles. The predicted octanol–water partition coefficient (Wildman–Crippen LogP) is 0.0178. The van der Waals surface area contributed by atoms with Crippen molar-refractivity contribution in [1.29, 1.82) is 0 Å². The first-order valence-corrected chi connectivity index (χ1v) is 6.28. The van der Waals surface area contributed by atoms with Crippen LogP contribution in [0.5, 0.6) is 0 Å². The van der Waals surface area contributed by atoms with E-state index in [1.54, 1.807) is 0 Å². The van der Waals surface area contributed by atoms with Gasteiger partial charge >= 0.3 is 5.97 Å². The lowest BCUT2D eigenvalue weighted by Crippen LogP contribution is -2.43. The molecule has 110 valence electrons. The molecule has 2 rings (SSSR count). The Bertz CT molecular complexity index is 626. The first-order chi connectivity index (χ1) is 10.1. The summed E-state index contributed by atoms with van der Waals surface area (Å²) in [4.78, 5) is 24.0. The van der Waals surface area contributed by atoms with Crippen molar-refractivity contribution >= 4 is 11.9 Å². The summed E-state index contributed by atoms with van der Waals surface area (Å²) in [6, 6.07) is 8.47. The Morgan fingerprint density at radius 2 is 2.05 bits per heavy atom. The van der Waals surface area contributed by atoms with E-state index in [0.29, 0.717) is 5.82 Å². The molecule has 0 aliphatic rings. The Hall–Kier alpha value is -2.77. The second-order valence-electron chi connectivity index (χ2n) is 4.31. The lowest BCUT2D eigenvalue weighted by molar-refractivity contribution is -0.145. The van der Waals surface area contributed by atoms with E-state index in [1.165, 1.54) is 18.8 Å². The average molecular weight is 289 g/mol. The maximum absolute atomic E-state index is 11.6. The predicted molar refractivity (Wildman–Crippen MR) is 72.9 cm³/mol. The number of amides is 1. The van der Waals surface area contributed by atoms with Gasteiger partial charge in [-0.05, 0) is 5.21 Å². The number of nitrogens with zero attached hydrogens (tertiary/aromatic N) is 4. The summed E-state index contributed by atoms with van der Waals surface area (Å²) >= 11 is 0. The van der Waals surface area contributed by atoms with E-state index in [0.717, 1.165) is 5.56 Å². The van der Waals surface area contributed by atoms with E-state index in [9.17, 15) is 9.59 Å². The lowest BCUT2D eigenvalue weighted by Gasteiger charge is -2.13. The zero-order valence-corrected chi connectivity index (χ0v) is 11.7. The van der Waals surface area contributed by atoms with Crippen LogP contribution in [0.25, 0.3) is 11.4 Å². The fourth-order valence-corrected chi connectivity index (χ4v) is 1.75. The van der Waals surface area contributed by atoms with Crippen LogP contribution in [0.2, 0.25) is 0 Å². The molecule has 8 heteroatoms. The number of aromatic nitrogens is 4. The van der Waals surface area contributed by atoms with E-state index in [2.05, 4.69) is 25.5 Å². The molecule has 2 aromatic rings. The molecule has 8 nitrogen and oxygen atoms in total. The normalized spacial score (nSPS) is 11.7. The summed E-state index contributed by atoms with van der Waals surface area (Å²) in [6.45, 7) is 1.37. The number of nitrogens with one attached hydrogen (secondary N) is 1. The zero-order chi connectivity index (χ0) is 15.2. The van der Waals surface area contributed by atoms with Crippen molar-refractivity contribution in [3.05, 3.63) is 30.3 Å². The maximum atomic E-state index is 11.6. The van der Waals surface area contributed by atoms with Gasteiger partial charge in [0, 0.05) is 12.5 Å². The van der Waals surface area contributed by atoms with Gasteiger partial charge in [-0.3, -0.25) is 4.79 Å². The minimum Gasteiger partial charge on any atom is -0.467 e. The fraction of sp³-hybridized carbons (Fsp3) is 0.308. The summed E-state index contributed by atoms with van der Waals surface area (Å²) in [5.41, 5.74) is 0.817. The highest BCUT2D eigenvalue weighted by atomic mass is 16.5. The monoisotopic (exact) mass is 289 g/mol. The van der Waals surface area contributed by atoms with Gasteiger partial charge in [-0.15, -0.1) is 10.2 Å². The Morgan fingerprint density at radius 1 is 1.33 bits per heavy atom. The van der Waals surface area contributed by atoms with Crippen LogP contribution < -0.4 is 5.32 Å². The van der Waals surface area contributed by atoms with Crippen LogP contribution in [0.15, 0.2) is 30.3 Å². The molecular formula is C13H15N5O3. The molecule has 0 fully saturated rings. The van der Waals surface area contributed by atoms with Gasteiger partial charge in [-0.2, -0.15) is 4.80 Å². The van der Waals surface area contributed by atoms with Crippen molar-refractivity contribution in [2.24, 2.45) is 0 Å². The van der Waals surface area contributed by atoms with Crippen molar-refractivity contribution in [3.8, 4) is 11.4 Å². The minimum atomic E-state index is -0.856. The molecular weight excluding hydrogens is 274 g/mol. The highest BCUT2D eigenvalue weighted by molar-refractivity contribution is 5.83. The van der Waals surface area contributed by atoms with Crippen molar-refractivity contribution in [2.45, 2.75) is 19.5 Å². The average Bonchev–Trinajstić information content (AvgIpc) is 2.95. The topological polar surface area (TPSA) is 99.0 Å². The number of ether oxygens (including phenoxy) is 1. The molecule has 1 amide bonds. The second kappa shape index (κ2) is 6.60. The minimum absolute atomic E-state index is 0.0477. The number of rotatable bonds is 5. The SMILES string of the molecule is COC(=O)C(Cn1nnc(-c2ccccc2)n1)NC(C)=O. The number of methoxy groups -OCH3 is 1. The molecule has 1 N–H and O–H groups in total. The van der Waals surface area contributed by atoms with Gasteiger partial charge in [0.15, 0.2) is 0 Å². The van der Waals surface area contributed by atoms with Crippen molar-refractivity contribution in [2.75, 3.05) is 7.11 Å². The standard InChI is InChI=1S/C13H15N5O3/c1-9(19)14-11(13(20)21-2)8-18-16-12(15-17-18)10-6-4-3-5-7-10/h3-7,11H,8H2,1-2H3,(H,14,19). The molecule has 1 atom stereocenters. The highest BCUT2D eigenvalue weighted by Gasteiger charge is 2.22. The number of hydrogen-bond acceptors (Lipinski definition) is 6. The van der Waals surface area contributed by atoms with Gasteiger partial charge < -0.3 is 10.1 Å². The number of benzene rings is 1. The molecule has 0 saturated heterocycles. The van der Waals surface area contributed by atoms with Crippen LogP contribution in [-0.2, 0) is 20.9 Å². The van der Waals surface area contributed by atoms with E-state index < -0.39 is 12.0 Å². The number of hydrogen-bond donors (Lipinski definition) is 1. The molecule has 1 heterocycles. The molecule has 0 bridgehead atoms. The van der Waals surface area contributed by atoms with Gasteiger partial charge in [0.25, 0.3) is 0 Å². The first-order valence-electron chi connectivity index (χ1n) is 6.28. The summed E-state index contributed by atoms with van der Waals surface area (Å²) in [5.74, 6) is -0.459. The zero-order valence-electron chi connectivity index (χ0n) is 11.7. The van der Waals surface area contributed by atoms with Crippen LogP contribution in [-0.4, -0.2) is 45.2 Å². The van der Waals surface area contributed by atoms with E-state index in [4.69, 9.17) is 0 Å². The van der Waals surface area contributed by atoms with E-state index in [1.807, 2.05) is 30.3 Å². The molecule has 1 aromatic carbocycles. The van der Waals surface area contributed by atoms with Gasteiger partial charge in [-0.1, -0.05) is 30.3 Å². The fourth-order valence-electron chi connectivity index (χ4n) is 1.75. The van der Waals surface area contributed by atoms with Gasteiger partial charge in [0.1, 0.15) is 6.04 Å². The molecule has 1 aromatic heterocycles. The Morgan fingerprint density at radius 3 is 2.67 bits per heavy atom. The third kappa shape index (κ3) is 3.85. The first kappa shape index (κ1) is 14.6. The molecule has 0 saturated carbocycles. The van der Waals surface area contributed by atoms with E-state index in [-0.39, 0.29) is 12.5 Å². The number of tetrazole rings is 1.